The van der Waals surface area contributed by atoms with Crippen molar-refractivity contribution in [2.75, 3.05) is 27.2 Å². The number of likely N-dealkylation sites (N-methyl/N-ethyl adjacent to an activating group) is 1. The van der Waals surface area contributed by atoms with Crippen molar-refractivity contribution >= 4 is 5.71 Å². The smallest absolute Gasteiger partial charge is 0.160 e. The molecule has 0 aliphatic carbocycles. The maximum atomic E-state index is 9.80. The lowest BCUT2D eigenvalue weighted by molar-refractivity contribution is 0.106. The molecule has 2 unspecified atom stereocenters. The van der Waals surface area contributed by atoms with Crippen LogP contribution in [0.2, 0.25) is 0 Å². The summed E-state index contributed by atoms with van der Waals surface area (Å²) >= 11 is 0. The van der Waals surface area contributed by atoms with E-state index in [9.17, 15) is 5.11 Å². The molecule has 0 spiro atoms. The lowest BCUT2D eigenvalue weighted by Gasteiger charge is -2.46. The van der Waals surface area contributed by atoms with Gasteiger partial charge in [-0.2, -0.15) is 5.10 Å². The van der Waals surface area contributed by atoms with E-state index in [0.717, 1.165) is 5.56 Å². The summed E-state index contributed by atoms with van der Waals surface area (Å²) in [5.74, 6) is 1.38. The normalized spacial score (nSPS) is 33.8. The van der Waals surface area contributed by atoms with Gasteiger partial charge in [0.05, 0.1) is 24.9 Å². The van der Waals surface area contributed by atoms with Crippen molar-refractivity contribution in [3.63, 3.8) is 0 Å². The van der Waals surface area contributed by atoms with Crippen molar-refractivity contribution in [2.24, 2.45) is 11.0 Å². The van der Waals surface area contributed by atoms with E-state index >= 15 is 0 Å². The Morgan fingerprint density at radius 2 is 2.00 bits per heavy atom. The topological polar surface area (TPSA) is 48.3 Å². The Hall–Kier alpha value is -1.75. The van der Waals surface area contributed by atoms with Crippen molar-refractivity contribution in [1.29, 1.82) is 0 Å². The number of phenolic OH excluding ortho intramolecular Hbond substituents is 1. The van der Waals surface area contributed by atoms with Gasteiger partial charge in [0.15, 0.2) is 11.5 Å². The highest BCUT2D eigenvalue weighted by atomic mass is 16.5. The lowest BCUT2D eigenvalue weighted by Crippen LogP contribution is -2.56. The highest BCUT2D eigenvalue weighted by Gasteiger charge is 2.48. The van der Waals surface area contributed by atoms with Crippen LogP contribution in [0.5, 0.6) is 11.5 Å². The van der Waals surface area contributed by atoms with Gasteiger partial charge in [-0.1, -0.05) is 6.07 Å². The summed E-state index contributed by atoms with van der Waals surface area (Å²) in [6.45, 7) is 2.35. The van der Waals surface area contributed by atoms with Gasteiger partial charge in [0.1, 0.15) is 0 Å². The van der Waals surface area contributed by atoms with Gasteiger partial charge < -0.3 is 9.84 Å². The number of hydrogen-bond donors (Lipinski definition) is 1. The summed E-state index contributed by atoms with van der Waals surface area (Å²) in [4.78, 5) is 2.56. The Morgan fingerprint density at radius 1 is 1.24 bits per heavy atom. The predicted molar refractivity (Wildman–Crippen MR) is 80.7 cm³/mol. The lowest BCUT2D eigenvalue weighted by atomic mass is 9.78. The molecule has 0 aromatic heterocycles. The second kappa shape index (κ2) is 4.63. The minimum absolute atomic E-state index is 0.188. The van der Waals surface area contributed by atoms with Crippen molar-refractivity contribution in [3.05, 3.63) is 23.8 Å². The third-order valence-electron chi connectivity index (χ3n) is 5.16. The molecular weight excluding hydrogens is 266 g/mol. The number of ether oxygens (including phenoxy) is 1. The zero-order valence-electron chi connectivity index (χ0n) is 12.5. The number of hydrazone groups is 1. The van der Waals surface area contributed by atoms with Crippen molar-refractivity contribution in [1.82, 2.24) is 9.91 Å². The molecule has 0 amide bonds. The number of aromatic hydroxyl groups is 1. The zero-order valence-corrected chi connectivity index (χ0v) is 12.5. The summed E-state index contributed by atoms with van der Waals surface area (Å²) in [5, 5.41) is 16.7. The number of methoxy groups -OCH3 is 1. The largest absolute Gasteiger partial charge is 0.504 e. The minimum atomic E-state index is 0.188. The van der Waals surface area contributed by atoms with Gasteiger partial charge in [0, 0.05) is 13.0 Å². The highest BCUT2D eigenvalue weighted by Crippen LogP contribution is 2.43. The minimum Gasteiger partial charge on any atom is -0.504 e. The number of nitrogens with zero attached hydrogens (tertiary/aromatic N) is 3. The molecular formula is C16H21N3O2. The van der Waals surface area contributed by atoms with Crippen LogP contribution in [0.1, 0.15) is 24.4 Å². The average Bonchev–Trinajstić information content (AvgIpc) is 2.88. The van der Waals surface area contributed by atoms with E-state index in [1.807, 2.05) is 12.1 Å². The molecule has 5 rings (SSSR count). The van der Waals surface area contributed by atoms with Gasteiger partial charge in [0.25, 0.3) is 0 Å². The van der Waals surface area contributed by atoms with Crippen LogP contribution in [0.15, 0.2) is 23.3 Å². The molecule has 0 radical (unpaired) electrons. The molecule has 5 heteroatoms. The van der Waals surface area contributed by atoms with E-state index in [0.29, 0.717) is 17.7 Å². The van der Waals surface area contributed by atoms with Crippen LogP contribution < -0.4 is 4.74 Å². The van der Waals surface area contributed by atoms with Crippen LogP contribution in [-0.2, 0) is 0 Å². The van der Waals surface area contributed by atoms with Crippen LogP contribution in [0.3, 0.4) is 0 Å². The Kier molecular flexibility index (Phi) is 2.85. The fourth-order valence-electron chi connectivity index (χ4n) is 4.13. The van der Waals surface area contributed by atoms with Crippen LogP contribution in [-0.4, -0.2) is 54.0 Å². The molecule has 112 valence electrons. The van der Waals surface area contributed by atoms with Crippen LogP contribution >= 0.6 is 0 Å². The third kappa shape index (κ3) is 1.83. The summed E-state index contributed by atoms with van der Waals surface area (Å²) in [6, 6.07) is 6.25. The summed E-state index contributed by atoms with van der Waals surface area (Å²) in [5.41, 5.74) is 2.51. The zero-order chi connectivity index (χ0) is 14.6. The number of rotatable bonds is 2. The Morgan fingerprint density at radius 3 is 2.71 bits per heavy atom. The van der Waals surface area contributed by atoms with Gasteiger partial charge in [-0.15, -0.1) is 0 Å². The van der Waals surface area contributed by atoms with Crippen molar-refractivity contribution < 1.29 is 9.84 Å². The molecule has 4 heterocycles. The molecule has 3 fully saturated rings. The van der Waals surface area contributed by atoms with Crippen molar-refractivity contribution in [2.45, 2.75) is 24.9 Å². The first-order chi connectivity index (χ1) is 10.2. The molecule has 1 aromatic rings. The van der Waals surface area contributed by atoms with Gasteiger partial charge in [0.2, 0.25) is 0 Å². The summed E-state index contributed by atoms with van der Waals surface area (Å²) < 4.78 is 5.26. The summed E-state index contributed by atoms with van der Waals surface area (Å²) in [6.07, 6.45) is 2.49. The Labute approximate surface area is 124 Å². The molecule has 4 aliphatic rings. The molecule has 0 saturated carbocycles. The Balaban J connectivity index is 1.72. The first-order valence-electron chi connectivity index (χ1n) is 7.61. The second-order valence-electron chi connectivity index (χ2n) is 6.23. The number of hydrogen-bond acceptors (Lipinski definition) is 5. The van der Waals surface area contributed by atoms with Crippen LogP contribution in [0.4, 0.5) is 0 Å². The number of phenols is 1. The molecule has 2 atom stereocenters. The molecule has 3 saturated heterocycles. The van der Waals surface area contributed by atoms with E-state index in [-0.39, 0.29) is 11.8 Å². The monoisotopic (exact) mass is 287 g/mol. The predicted octanol–water partition coefficient (Wildman–Crippen LogP) is 1.84. The summed E-state index contributed by atoms with van der Waals surface area (Å²) in [7, 11) is 3.64. The quantitative estimate of drug-likeness (QED) is 0.901. The highest BCUT2D eigenvalue weighted by molar-refractivity contribution is 5.95. The van der Waals surface area contributed by atoms with Gasteiger partial charge in [-0.3, -0.25) is 9.91 Å². The van der Waals surface area contributed by atoms with Gasteiger partial charge >= 0.3 is 0 Å². The van der Waals surface area contributed by atoms with E-state index in [1.165, 1.54) is 31.6 Å². The van der Waals surface area contributed by atoms with Crippen molar-refractivity contribution in [3.8, 4) is 11.5 Å². The SMILES string of the molecule is COc1cc(C2C3C(=NN2C)C2CCN3CC2)ccc1O. The number of piperidine rings is 3. The molecule has 1 N–H and O–H groups in total. The Bertz CT molecular complexity index is 593. The average molecular weight is 287 g/mol. The third-order valence-corrected chi connectivity index (χ3v) is 5.16. The van der Waals surface area contributed by atoms with Gasteiger partial charge in [-0.05, 0) is 43.6 Å². The molecule has 5 nitrogen and oxygen atoms in total. The molecule has 21 heavy (non-hydrogen) atoms. The first kappa shape index (κ1) is 13.0. The molecule has 4 aliphatic heterocycles. The fourth-order valence-corrected chi connectivity index (χ4v) is 4.13. The number of benzene rings is 1. The first-order valence-corrected chi connectivity index (χ1v) is 7.61. The fraction of sp³-hybridized carbons (Fsp3) is 0.562. The van der Waals surface area contributed by atoms with Crippen LogP contribution in [0, 0.1) is 5.92 Å². The van der Waals surface area contributed by atoms with E-state index in [4.69, 9.17) is 9.84 Å². The second-order valence-corrected chi connectivity index (χ2v) is 6.23. The maximum Gasteiger partial charge on any atom is 0.160 e. The molecule has 1 aromatic carbocycles. The van der Waals surface area contributed by atoms with Crippen LogP contribution in [0.25, 0.3) is 0 Å². The molecule has 2 bridgehead atoms. The maximum absolute atomic E-state index is 9.80. The van der Waals surface area contributed by atoms with E-state index < -0.39 is 0 Å². The van der Waals surface area contributed by atoms with Gasteiger partial charge in [-0.25, -0.2) is 0 Å². The van der Waals surface area contributed by atoms with E-state index in [1.54, 1.807) is 13.2 Å². The standard InChI is InChI=1S/C16H21N3O2/c1-18-15(11-3-4-12(20)13(9-11)21-2)16-14(17-18)10-5-7-19(16)8-6-10/h3-4,9-10,15-16,20H,5-8H2,1-2H3. The van der Waals surface area contributed by atoms with E-state index in [2.05, 4.69) is 17.0 Å². The number of fused-ring (bicyclic) bond motifs is 2.